The summed E-state index contributed by atoms with van der Waals surface area (Å²) in [6.07, 6.45) is 4.87. The summed E-state index contributed by atoms with van der Waals surface area (Å²) >= 11 is 0. The van der Waals surface area contributed by atoms with Crippen molar-refractivity contribution >= 4 is 29.9 Å². The van der Waals surface area contributed by atoms with E-state index in [4.69, 9.17) is 14.2 Å². The van der Waals surface area contributed by atoms with Gasteiger partial charge in [-0.1, -0.05) is 0 Å². The second-order valence-electron chi connectivity index (χ2n) is 6.29. The third-order valence-corrected chi connectivity index (χ3v) is 4.11. The third kappa shape index (κ3) is 7.64. The zero-order valence-electron chi connectivity index (χ0n) is 17.8. The average molecular weight is 517 g/mol. The Labute approximate surface area is 190 Å². The van der Waals surface area contributed by atoms with E-state index in [9.17, 15) is 0 Å². The first-order chi connectivity index (χ1) is 13.6. The minimum absolute atomic E-state index is 0. The Morgan fingerprint density at radius 1 is 1.10 bits per heavy atom. The number of nitrogens with one attached hydrogen (secondary N) is 2. The van der Waals surface area contributed by atoms with Crippen molar-refractivity contribution in [3.63, 3.8) is 0 Å². The standard InChI is InChI=1S/C20H31N5O3.HI/c1-6-21-20(22-8-7-9-25-14-15(2)12-24-25)23-13-16-10-17(26-3)19(28-5)18(11-16)27-4;/h10-12,14H,6-9,13H2,1-5H3,(H2,21,22,23);1H. The molecule has 0 aliphatic rings. The molecule has 2 N–H and O–H groups in total. The molecule has 0 saturated heterocycles. The molecule has 0 amide bonds. The van der Waals surface area contributed by atoms with Crippen LogP contribution in [0.15, 0.2) is 29.5 Å². The molecule has 0 spiro atoms. The molecule has 1 aromatic carbocycles. The fourth-order valence-corrected chi connectivity index (χ4v) is 2.78. The number of aryl methyl sites for hydroxylation is 2. The van der Waals surface area contributed by atoms with Gasteiger partial charge in [0.15, 0.2) is 17.5 Å². The van der Waals surface area contributed by atoms with Gasteiger partial charge in [0.1, 0.15) is 0 Å². The largest absolute Gasteiger partial charge is 0.493 e. The summed E-state index contributed by atoms with van der Waals surface area (Å²) in [6.45, 7) is 7.04. The van der Waals surface area contributed by atoms with E-state index < -0.39 is 0 Å². The van der Waals surface area contributed by atoms with Crippen LogP contribution in [0.5, 0.6) is 17.2 Å². The molecule has 0 radical (unpaired) electrons. The maximum atomic E-state index is 5.40. The zero-order chi connectivity index (χ0) is 20.4. The lowest BCUT2D eigenvalue weighted by Crippen LogP contribution is -2.38. The summed E-state index contributed by atoms with van der Waals surface area (Å²) in [5.74, 6) is 2.60. The monoisotopic (exact) mass is 517 g/mol. The van der Waals surface area contributed by atoms with Crippen LogP contribution in [0.25, 0.3) is 0 Å². The number of halogens is 1. The van der Waals surface area contributed by atoms with E-state index in [1.54, 1.807) is 21.3 Å². The fraction of sp³-hybridized carbons (Fsp3) is 0.500. The van der Waals surface area contributed by atoms with Gasteiger partial charge in [-0.05, 0) is 43.5 Å². The Hall–Kier alpha value is -2.17. The van der Waals surface area contributed by atoms with E-state index >= 15 is 0 Å². The smallest absolute Gasteiger partial charge is 0.203 e. The van der Waals surface area contributed by atoms with Gasteiger partial charge < -0.3 is 24.8 Å². The van der Waals surface area contributed by atoms with Gasteiger partial charge in [0.05, 0.1) is 34.1 Å². The van der Waals surface area contributed by atoms with Crippen LogP contribution in [0.2, 0.25) is 0 Å². The lowest BCUT2D eigenvalue weighted by atomic mass is 10.2. The summed E-state index contributed by atoms with van der Waals surface area (Å²) in [6, 6.07) is 3.82. The van der Waals surface area contributed by atoms with Crippen molar-refractivity contribution in [3.05, 3.63) is 35.7 Å². The van der Waals surface area contributed by atoms with Crippen molar-refractivity contribution in [3.8, 4) is 17.2 Å². The van der Waals surface area contributed by atoms with Crippen LogP contribution in [0.1, 0.15) is 24.5 Å². The molecule has 0 unspecified atom stereocenters. The number of benzene rings is 1. The van der Waals surface area contributed by atoms with Crippen LogP contribution < -0.4 is 24.8 Å². The molecular formula is C20H32IN5O3. The SMILES string of the molecule is CCNC(=NCc1cc(OC)c(OC)c(OC)c1)NCCCn1cc(C)cn1.I. The summed E-state index contributed by atoms with van der Waals surface area (Å²) in [5.41, 5.74) is 2.15. The Kier molecular flexibility index (Phi) is 11.3. The Morgan fingerprint density at radius 2 is 1.79 bits per heavy atom. The first-order valence-corrected chi connectivity index (χ1v) is 9.41. The second kappa shape index (κ2) is 13.1. The predicted molar refractivity (Wildman–Crippen MR) is 126 cm³/mol. The van der Waals surface area contributed by atoms with Crippen molar-refractivity contribution in [2.24, 2.45) is 4.99 Å². The van der Waals surface area contributed by atoms with Crippen LogP contribution in [0, 0.1) is 6.92 Å². The van der Waals surface area contributed by atoms with Crippen molar-refractivity contribution in [2.75, 3.05) is 34.4 Å². The zero-order valence-corrected chi connectivity index (χ0v) is 20.1. The van der Waals surface area contributed by atoms with Crippen LogP contribution in [-0.4, -0.2) is 50.2 Å². The Morgan fingerprint density at radius 3 is 2.31 bits per heavy atom. The topological polar surface area (TPSA) is 81.9 Å². The number of guanidine groups is 1. The molecule has 29 heavy (non-hydrogen) atoms. The minimum Gasteiger partial charge on any atom is -0.493 e. The van der Waals surface area contributed by atoms with Crippen molar-refractivity contribution in [1.82, 2.24) is 20.4 Å². The van der Waals surface area contributed by atoms with Crippen LogP contribution in [0.4, 0.5) is 0 Å². The Balaban J connectivity index is 0.00000420. The van der Waals surface area contributed by atoms with E-state index in [1.807, 2.05) is 43.1 Å². The molecule has 1 heterocycles. The normalized spacial score (nSPS) is 10.9. The van der Waals surface area contributed by atoms with Gasteiger partial charge in [-0.25, -0.2) is 4.99 Å². The van der Waals surface area contributed by atoms with Crippen molar-refractivity contribution < 1.29 is 14.2 Å². The Bertz CT molecular complexity index is 754. The molecule has 0 aliphatic carbocycles. The number of rotatable bonds is 10. The molecule has 1 aromatic heterocycles. The van der Waals surface area contributed by atoms with Gasteiger partial charge in [0.25, 0.3) is 0 Å². The molecule has 0 aliphatic heterocycles. The molecule has 8 nitrogen and oxygen atoms in total. The first kappa shape index (κ1) is 24.9. The average Bonchev–Trinajstić information content (AvgIpc) is 3.13. The van der Waals surface area contributed by atoms with E-state index in [0.29, 0.717) is 23.8 Å². The highest BCUT2D eigenvalue weighted by Gasteiger charge is 2.13. The lowest BCUT2D eigenvalue weighted by Gasteiger charge is -2.14. The van der Waals surface area contributed by atoms with Gasteiger partial charge in [0, 0.05) is 25.8 Å². The molecular weight excluding hydrogens is 485 g/mol. The molecule has 2 aromatic rings. The predicted octanol–water partition coefficient (Wildman–Crippen LogP) is 2.98. The summed E-state index contributed by atoms with van der Waals surface area (Å²) in [7, 11) is 4.81. The second-order valence-corrected chi connectivity index (χ2v) is 6.29. The third-order valence-electron chi connectivity index (χ3n) is 4.11. The number of nitrogens with zero attached hydrogens (tertiary/aromatic N) is 3. The first-order valence-electron chi connectivity index (χ1n) is 9.41. The lowest BCUT2D eigenvalue weighted by molar-refractivity contribution is 0.324. The quantitative estimate of drug-likeness (QED) is 0.218. The highest BCUT2D eigenvalue weighted by Crippen LogP contribution is 2.38. The van der Waals surface area contributed by atoms with Crippen molar-refractivity contribution in [1.29, 1.82) is 0 Å². The van der Waals surface area contributed by atoms with Gasteiger partial charge in [-0.15, -0.1) is 24.0 Å². The number of aromatic nitrogens is 2. The maximum absolute atomic E-state index is 5.40. The van der Waals surface area contributed by atoms with Crippen LogP contribution in [0.3, 0.4) is 0 Å². The number of hydrogen-bond acceptors (Lipinski definition) is 5. The van der Waals surface area contributed by atoms with E-state index in [0.717, 1.165) is 37.6 Å². The number of aliphatic imine (C=N–C) groups is 1. The number of methoxy groups -OCH3 is 3. The summed E-state index contributed by atoms with van der Waals surface area (Å²) in [4.78, 5) is 4.66. The molecule has 0 bridgehead atoms. The molecule has 2 rings (SSSR count). The molecule has 0 saturated carbocycles. The summed E-state index contributed by atoms with van der Waals surface area (Å²) in [5, 5.41) is 10.9. The molecule has 162 valence electrons. The fourth-order valence-electron chi connectivity index (χ4n) is 2.78. The highest BCUT2D eigenvalue weighted by atomic mass is 127. The summed E-state index contributed by atoms with van der Waals surface area (Å²) < 4.78 is 18.1. The number of ether oxygens (including phenoxy) is 3. The van der Waals surface area contributed by atoms with E-state index in [-0.39, 0.29) is 24.0 Å². The molecule has 0 fully saturated rings. The molecule has 9 heteroatoms. The van der Waals surface area contributed by atoms with Crippen LogP contribution in [-0.2, 0) is 13.1 Å². The van der Waals surface area contributed by atoms with Gasteiger partial charge in [-0.2, -0.15) is 5.10 Å². The van der Waals surface area contributed by atoms with E-state index in [2.05, 4.69) is 20.7 Å². The highest BCUT2D eigenvalue weighted by molar-refractivity contribution is 14.0. The van der Waals surface area contributed by atoms with Gasteiger partial charge in [0.2, 0.25) is 5.75 Å². The van der Waals surface area contributed by atoms with E-state index in [1.165, 1.54) is 5.56 Å². The van der Waals surface area contributed by atoms with Crippen LogP contribution >= 0.6 is 24.0 Å². The van der Waals surface area contributed by atoms with Gasteiger partial charge >= 0.3 is 0 Å². The minimum atomic E-state index is 0. The van der Waals surface area contributed by atoms with Crippen molar-refractivity contribution in [2.45, 2.75) is 33.4 Å². The molecule has 0 atom stereocenters. The number of hydrogen-bond donors (Lipinski definition) is 2. The van der Waals surface area contributed by atoms with Gasteiger partial charge in [-0.3, -0.25) is 4.68 Å². The maximum Gasteiger partial charge on any atom is 0.203 e.